The highest BCUT2D eigenvalue weighted by Crippen LogP contribution is 1.83. The van der Waals surface area contributed by atoms with Gasteiger partial charge >= 0.3 is 0 Å². The maximum atomic E-state index is 5.31. The van der Waals surface area contributed by atoms with Crippen molar-refractivity contribution < 1.29 is 9.47 Å². The molecule has 0 saturated carbocycles. The maximum absolute atomic E-state index is 5.31. The summed E-state index contributed by atoms with van der Waals surface area (Å²) in [5, 5.41) is 0.894. The number of nitrogens with zero attached hydrogens (tertiary/aromatic N) is 1. The number of rotatable bonds is 8. The van der Waals surface area contributed by atoms with Gasteiger partial charge in [-0.1, -0.05) is 15.9 Å². The zero-order valence-electron chi connectivity index (χ0n) is 7.88. The van der Waals surface area contributed by atoms with E-state index in [9.17, 15) is 0 Å². The minimum atomic E-state index is 0.693. The molecule has 0 bridgehead atoms. The van der Waals surface area contributed by atoms with Crippen LogP contribution >= 0.6 is 15.9 Å². The first-order valence-electron chi connectivity index (χ1n) is 4.13. The largest absolute Gasteiger partial charge is 0.378 e. The zero-order valence-corrected chi connectivity index (χ0v) is 9.47. The number of ether oxygens (including phenoxy) is 2. The van der Waals surface area contributed by atoms with Gasteiger partial charge in [0.05, 0.1) is 26.4 Å². The second-order valence-electron chi connectivity index (χ2n) is 2.72. The van der Waals surface area contributed by atoms with E-state index >= 15 is 0 Å². The molecule has 0 radical (unpaired) electrons. The molecule has 0 atom stereocenters. The third kappa shape index (κ3) is 10.4. The minimum Gasteiger partial charge on any atom is -0.378 e. The molecular weight excluding hydrogens is 222 g/mol. The van der Waals surface area contributed by atoms with Gasteiger partial charge < -0.3 is 14.4 Å². The molecule has 12 heavy (non-hydrogen) atoms. The molecule has 0 unspecified atom stereocenters. The zero-order chi connectivity index (χ0) is 9.23. The molecule has 0 amide bonds. The third-order valence-electron chi connectivity index (χ3n) is 1.28. The van der Waals surface area contributed by atoms with Gasteiger partial charge in [-0.25, -0.2) is 0 Å². The van der Waals surface area contributed by atoms with Crippen LogP contribution in [-0.4, -0.2) is 57.3 Å². The summed E-state index contributed by atoms with van der Waals surface area (Å²) in [4.78, 5) is 2.10. The van der Waals surface area contributed by atoms with Crippen LogP contribution in [0.5, 0.6) is 0 Å². The Labute approximate surface area is 83.1 Å². The van der Waals surface area contributed by atoms with Crippen molar-refractivity contribution in [3.63, 3.8) is 0 Å². The van der Waals surface area contributed by atoms with Crippen LogP contribution in [0, 0.1) is 0 Å². The first-order chi connectivity index (χ1) is 5.77. The van der Waals surface area contributed by atoms with Gasteiger partial charge in [0, 0.05) is 11.9 Å². The lowest BCUT2D eigenvalue weighted by Crippen LogP contribution is -2.19. The summed E-state index contributed by atoms with van der Waals surface area (Å²) in [5.41, 5.74) is 0. The van der Waals surface area contributed by atoms with Gasteiger partial charge in [0.2, 0.25) is 0 Å². The van der Waals surface area contributed by atoms with Gasteiger partial charge in [-0.15, -0.1) is 0 Å². The van der Waals surface area contributed by atoms with Crippen LogP contribution in [0.3, 0.4) is 0 Å². The molecule has 0 aromatic rings. The van der Waals surface area contributed by atoms with Crippen molar-refractivity contribution in [3.05, 3.63) is 0 Å². The molecular formula is C8H18BrNO2. The van der Waals surface area contributed by atoms with Crippen molar-refractivity contribution in [2.75, 3.05) is 52.4 Å². The highest BCUT2D eigenvalue weighted by Gasteiger charge is 1.90. The molecule has 0 aliphatic heterocycles. The number of hydrogen-bond donors (Lipinski definition) is 0. The third-order valence-corrected chi connectivity index (χ3v) is 1.60. The molecule has 0 saturated heterocycles. The summed E-state index contributed by atoms with van der Waals surface area (Å²) < 4.78 is 10.5. The fourth-order valence-electron chi connectivity index (χ4n) is 0.624. The fraction of sp³-hybridized carbons (Fsp3) is 1.00. The molecule has 3 nitrogen and oxygen atoms in total. The summed E-state index contributed by atoms with van der Waals surface area (Å²) in [7, 11) is 4.06. The molecule has 74 valence electrons. The smallest absolute Gasteiger partial charge is 0.0701 e. The Bertz CT molecular complexity index is 91.1. The standard InChI is InChI=1S/C8H18BrNO2/c1-10(2)4-6-12-8-7-11-5-3-9/h3-8H2,1-2H3. The van der Waals surface area contributed by atoms with E-state index < -0.39 is 0 Å². The van der Waals surface area contributed by atoms with Crippen LogP contribution in [-0.2, 0) is 9.47 Å². The summed E-state index contributed by atoms with van der Waals surface area (Å²) in [6.45, 7) is 3.90. The van der Waals surface area contributed by atoms with E-state index in [1.54, 1.807) is 0 Å². The SMILES string of the molecule is CN(C)CCOCCOCCBr. The Morgan fingerprint density at radius 3 is 2.08 bits per heavy atom. The Balaban J connectivity index is 2.82. The lowest BCUT2D eigenvalue weighted by molar-refractivity contribution is 0.0484. The number of likely N-dealkylation sites (N-methyl/N-ethyl adjacent to an activating group) is 1. The van der Waals surface area contributed by atoms with Crippen molar-refractivity contribution in [1.82, 2.24) is 4.90 Å². The van der Waals surface area contributed by atoms with Gasteiger partial charge in [0.25, 0.3) is 0 Å². The monoisotopic (exact) mass is 239 g/mol. The lowest BCUT2D eigenvalue weighted by atomic mass is 10.6. The van der Waals surface area contributed by atoms with Crippen molar-refractivity contribution in [2.45, 2.75) is 0 Å². The van der Waals surface area contributed by atoms with E-state index in [1.165, 1.54) is 0 Å². The minimum absolute atomic E-state index is 0.693. The average Bonchev–Trinajstić information content (AvgIpc) is 2.02. The van der Waals surface area contributed by atoms with Crippen LogP contribution in [0.1, 0.15) is 0 Å². The number of alkyl halides is 1. The van der Waals surface area contributed by atoms with Crippen molar-refractivity contribution >= 4 is 15.9 Å². The highest BCUT2D eigenvalue weighted by molar-refractivity contribution is 9.09. The molecule has 0 rings (SSSR count). The lowest BCUT2D eigenvalue weighted by Gasteiger charge is -2.09. The van der Waals surface area contributed by atoms with E-state index in [-0.39, 0.29) is 0 Å². The van der Waals surface area contributed by atoms with Gasteiger partial charge in [-0.3, -0.25) is 0 Å². The van der Waals surface area contributed by atoms with Crippen molar-refractivity contribution in [1.29, 1.82) is 0 Å². The molecule has 0 aliphatic rings. The van der Waals surface area contributed by atoms with Crippen LogP contribution < -0.4 is 0 Å². The predicted molar refractivity (Wildman–Crippen MR) is 54.0 cm³/mol. The van der Waals surface area contributed by atoms with E-state index in [4.69, 9.17) is 9.47 Å². The Morgan fingerprint density at radius 2 is 1.58 bits per heavy atom. The number of halogens is 1. The highest BCUT2D eigenvalue weighted by atomic mass is 79.9. The van der Waals surface area contributed by atoms with E-state index in [0.717, 1.165) is 25.1 Å². The normalized spacial score (nSPS) is 11.0. The first-order valence-corrected chi connectivity index (χ1v) is 5.25. The van der Waals surface area contributed by atoms with Gasteiger partial charge in [0.15, 0.2) is 0 Å². The molecule has 0 aliphatic carbocycles. The van der Waals surface area contributed by atoms with Crippen LogP contribution in [0.15, 0.2) is 0 Å². The second kappa shape index (κ2) is 9.45. The molecule has 0 spiro atoms. The fourth-order valence-corrected chi connectivity index (χ4v) is 0.853. The van der Waals surface area contributed by atoms with Crippen LogP contribution in [0.4, 0.5) is 0 Å². The Hall–Kier alpha value is 0.360. The van der Waals surface area contributed by atoms with E-state index in [1.807, 2.05) is 14.1 Å². The summed E-state index contributed by atoms with van der Waals surface area (Å²) in [6.07, 6.45) is 0. The summed E-state index contributed by atoms with van der Waals surface area (Å²) in [6, 6.07) is 0. The van der Waals surface area contributed by atoms with E-state index in [2.05, 4.69) is 20.8 Å². The molecule has 0 aromatic carbocycles. The Kier molecular flexibility index (Phi) is 9.73. The van der Waals surface area contributed by atoms with Gasteiger partial charge in [-0.05, 0) is 14.1 Å². The predicted octanol–water partition coefficient (Wildman–Crippen LogP) is 0.976. The quantitative estimate of drug-likeness (QED) is 0.466. The van der Waals surface area contributed by atoms with Gasteiger partial charge in [0.1, 0.15) is 0 Å². The molecule has 0 fully saturated rings. The summed E-state index contributed by atoms with van der Waals surface area (Å²) >= 11 is 3.28. The maximum Gasteiger partial charge on any atom is 0.0701 e. The topological polar surface area (TPSA) is 21.7 Å². The van der Waals surface area contributed by atoms with Crippen molar-refractivity contribution in [3.8, 4) is 0 Å². The number of hydrogen-bond acceptors (Lipinski definition) is 3. The Morgan fingerprint density at radius 1 is 1.00 bits per heavy atom. The van der Waals surface area contributed by atoms with Crippen LogP contribution in [0.25, 0.3) is 0 Å². The molecule has 0 N–H and O–H groups in total. The van der Waals surface area contributed by atoms with Crippen molar-refractivity contribution in [2.24, 2.45) is 0 Å². The molecule has 0 heterocycles. The molecule has 4 heteroatoms. The van der Waals surface area contributed by atoms with E-state index in [0.29, 0.717) is 13.2 Å². The molecule has 0 aromatic heterocycles. The van der Waals surface area contributed by atoms with Gasteiger partial charge in [-0.2, -0.15) is 0 Å². The summed E-state index contributed by atoms with van der Waals surface area (Å²) in [5.74, 6) is 0. The first kappa shape index (κ1) is 12.4. The average molecular weight is 240 g/mol. The second-order valence-corrected chi connectivity index (χ2v) is 3.51. The van der Waals surface area contributed by atoms with Crippen LogP contribution in [0.2, 0.25) is 0 Å².